The van der Waals surface area contributed by atoms with E-state index in [4.69, 9.17) is 0 Å². The molecule has 4 fully saturated rings. The highest BCUT2D eigenvalue weighted by atomic mass is 16.2. The van der Waals surface area contributed by atoms with Gasteiger partial charge in [-0.25, -0.2) is 4.98 Å². The molecule has 0 unspecified atom stereocenters. The summed E-state index contributed by atoms with van der Waals surface area (Å²) in [6.45, 7) is 4.80. The van der Waals surface area contributed by atoms with E-state index in [1.54, 1.807) is 6.20 Å². The molecule has 1 saturated heterocycles. The average Bonchev–Trinajstić information content (AvgIpc) is 3.06. The standard InChI is InChI=1S/C24H33N3O2/c1-23-12-10-17-15(6-9-19-24(17,2)13-11-21(28)26-19)16(23)7-8-18(23)22(29)27-20-5-3-4-14-25-20/h3-5,14-19H,6-13H2,1-2H3,(H,26,28)(H,25,27,29)/t15-,16-,17-,18+,19+,23-,24+/m0/s1. The number of hydrogen-bond donors (Lipinski definition) is 2. The Bertz CT molecular complexity index is 812. The zero-order valence-electron chi connectivity index (χ0n) is 17.6. The molecule has 3 saturated carbocycles. The molecule has 0 spiro atoms. The van der Waals surface area contributed by atoms with Crippen molar-refractivity contribution in [1.82, 2.24) is 10.3 Å². The first-order valence-electron chi connectivity index (χ1n) is 11.4. The Hall–Kier alpha value is -1.91. The molecule has 5 heteroatoms. The molecule has 7 atom stereocenters. The molecule has 2 N–H and O–H groups in total. The second-order valence-electron chi connectivity index (χ2n) is 10.5. The van der Waals surface area contributed by atoms with Crippen molar-refractivity contribution >= 4 is 17.6 Å². The topological polar surface area (TPSA) is 71.1 Å². The number of aromatic nitrogens is 1. The van der Waals surface area contributed by atoms with Crippen LogP contribution in [0.2, 0.25) is 0 Å². The molecule has 0 radical (unpaired) electrons. The van der Waals surface area contributed by atoms with E-state index in [0.717, 1.165) is 32.1 Å². The number of carbonyl (C=O) groups excluding carboxylic acids is 2. The molecule has 2 amide bonds. The summed E-state index contributed by atoms with van der Waals surface area (Å²) < 4.78 is 0. The molecular formula is C24H33N3O2. The number of piperidine rings is 1. The van der Waals surface area contributed by atoms with Crippen molar-refractivity contribution in [3.63, 3.8) is 0 Å². The number of pyridine rings is 1. The van der Waals surface area contributed by atoms with Crippen molar-refractivity contribution in [3.05, 3.63) is 24.4 Å². The molecule has 156 valence electrons. The summed E-state index contributed by atoms with van der Waals surface area (Å²) in [4.78, 5) is 29.4. The number of amides is 2. The smallest absolute Gasteiger partial charge is 0.229 e. The lowest BCUT2D eigenvalue weighted by Gasteiger charge is -2.60. The van der Waals surface area contributed by atoms with Crippen LogP contribution in [-0.4, -0.2) is 22.8 Å². The number of anilines is 1. The molecule has 0 bridgehead atoms. The maximum Gasteiger partial charge on any atom is 0.229 e. The van der Waals surface area contributed by atoms with Crippen LogP contribution < -0.4 is 10.6 Å². The van der Waals surface area contributed by atoms with Gasteiger partial charge in [0.15, 0.2) is 0 Å². The Labute approximate surface area is 173 Å². The predicted molar refractivity (Wildman–Crippen MR) is 112 cm³/mol. The summed E-state index contributed by atoms with van der Waals surface area (Å²) in [6.07, 6.45) is 10.2. The van der Waals surface area contributed by atoms with Gasteiger partial charge in [0.2, 0.25) is 11.8 Å². The monoisotopic (exact) mass is 395 g/mol. The molecule has 1 aromatic heterocycles. The third kappa shape index (κ3) is 2.91. The van der Waals surface area contributed by atoms with Gasteiger partial charge in [-0.2, -0.15) is 0 Å². The van der Waals surface area contributed by atoms with Crippen LogP contribution in [0.4, 0.5) is 5.82 Å². The van der Waals surface area contributed by atoms with Gasteiger partial charge in [0.05, 0.1) is 0 Å². The molecule has 5 nitrogen and oxygen atoms in total. The van der Waals surface area contributed by atoms with Crippen molar-refractivity contribution in [2.75, 3.05) is 5.32 Å². The third-order valence-corrected chi connectivity index (χ3v) is 9.33. The lowest BCUT2D eigenvalue weighted by Crippen LogP contribution is -2.61. The molecule has 4 aliphatic rings. The minimum atomic E-state index is 0.0760. The number of fused-ring (bicyclic) bond motifs is 5. The van der Waals surface area contributed by atoms with Crippen LogP contribution in [0.1, 0.15) is 65.2 Å². The highest BCUT2D eigenvalue weighted by Crippen LogP contribution is 2.65. The molecule has 1 aliphatic heterocycles. The summed E-state index contributed by atoms with van der Waals surface area (Å²) in [5, 5.41) is 6.38. The second-order valence-corrected chi connectivity index (χ2v) is 10.5. The Morgan fingerprint density at radius 1 is 1.07 bits per heavy atom. The number of hydrogen-bond acceptors (Lipinski definition) is 3. The van der Waals surface area contributed by atoms with E-state index >= 15 is 0 Å². The summed E-state index contributed by atoms with van der Waals surface area (Å²) in [7, 11) is 0. The Morgan fingerprint density at radius 3 is 2.69 bits per heavy atom. The molecule has 1 aromatic rings. The number of carbonyl (C=O) groups is 2. The van der Waals surface area contributed by atoms with E-state index in [0.29, 0.717) is 36.0 Å². The van der Waals surface area contributed by atoms with Crippen molar-refractivity contribution < 1.29 is 9.59 Å². The Kier molecular flexibility index (Phi) is 4.48. The first-order valence-corrected chi connectivity index (χ1v) is 11.4. The van der Waals surface area contributed by atoms with Crippen LogP contribution >= 0.6 is 0 Å². The largest absolute Gasteiger partial charge is 0.353 e. The SMILES string of the molecule is C[C@]12CCC(=O)N[C@@H]1CC[C@@H]1[C@@H]2CC[C@]2(C)[C@@H](C(=O)Nc3ccccn3)CC[C@@H]12. The lowest BCUT2D eigenvalue weighted by molar-refractivity contribution is -0.140. The van der Waals surface area contributed by atoms with Gasteiger partial charge >= 0.3 is 0 Å². The van der Waals surface area contributed by atoms with Crippen LogP contribution in [0.25, 0.3) is 0 Å². The van der Waals surface area contributed by atoms with E-state index < -0.39 is 0 Å². The minimum absolute atomic E-state index is 0.0760. The van der Waals surface area contributed by atoms with Crippen LogP contribution in [0.15, 0.2) is 24.4 Å². The van der Waals surface area contributed by atoms with Crippen LogP contribution in [0.3, 0.4) is 0 Å². The van der Waals surface area contributed by atoms with Gasteiger partial charge in [0, 0.05) is 24.6 Å². The quantitative estimate of drug-likeness (QED) is 0.790. The van der Waals surface area contributed by atoms with Crippen molar-refractivity contribution in [3.8, 4) is 0 Å². The summed E-state index contributed by atoms with van der Waals surface area (Å²) >= 11 is 0. The first kappa shape index (κ1) is 19.1. The van der Waals surface area contributed by atoms with Gasteiger partial charge in [-0.05, 0) is 85.7 Å². The second kappa shape index (κ2) is 6.82. The maximum atomic E-state index is 13.2. The normalized spacial score (nSPS) is 43.5. The van der Waals surface area contributed by atoms with Gasteiger partial charge in [-0.15, -0.1) is 0 Å². The van der Waals surface area contributed by atoms with Gasteiger partial charge in [-0.1, -0.05) is 19.9 Å². The Balaban J connectivity index is 1.36. The van der Waals surface area contributed by atoms with Crippen LogP contribution in [0, 0.1) is 34.5 Å². The fourth-order valence-corrected chi connectivity index (χ4v) is 7.78. The predicted octanol–water partition coefficient (Wildman–Crippen LogP) is 4.16. The number of nitrogens with zero attached hydrogens (tertiary/aromatic N) is 1. The van der Waals surface area contributed by atoms with E-state index in [-0.39, 0.29) is 28.6 Å². The van der Waals surface area contributed by atoms with Gasteiger partial charge in [0.1, 0.15) is 5.82 Å². The van der Waals surface area contributed by atoms with Gasteiger partial charge in [-0.3, -0.25) is 9.59 Å². The van der Waals surface area contributed by atoms with Crippen molar-refractivity contribution in [1.29, 1.82) is 0 Å². The molecule has 3 aliphatic carbocycles. The molecule has 0 aromatic carbocycles. The fraction of sp³-hybridized carbons (Fsp3) is 0.708. The average molecular weight is 396 g/mol. The molecule has 2 heterocycles. The minimum Gasteiger partial charge on any atom is -0.353 e. The zero-order chi connectivity index (χ0) is 20.2. The van der Waals surface area contributed by atoms with Crippen molar-refractivity contribution in [2.24, 2.45) is 34.5 Å². The van der Waals surface area contributed by atoms with Gasteiger partial charge < -0.3 is 10.6 Å². The van der Waals surface area contributed by atoms with Crippen LogP contribution in [0.5, 0.6) is 0 Å². The van der Waals surface area contributed by atoms with E-state index in [9.17, 15) is 9.59 Å². The molecule has 5 rings (SSSR count). The summed E-state index contributed by atoms with van der Waals surface area (Å²) in [6, 6.07) is 5.99. The van der Waals surface area contributed by atoms with E-state index in [1.165, 1.54) is 12.8 Å². The molecule has 29 heavy (non-hydrogen) atoms. The lowest BCUT2D eigenvalue weighted by atomic mass is 9.47. The summed E-state index contributed by atoms with van der Waals surface area (Å²) in [5.41, 5.74) is 0.313. The van der Waals surface area contributed by atoms with Gasteiger partial charge in [0.25, 0.3) is 0 Å². The van der Waals surface area contributed by atoms with E-state index in [2.05, 4.69) is 29.5 Å². The maximum absolute atomic E-state index is 13.2. The first-order chi connectivity index (χ1) is 13.9. The van der Waals surface area contributed by atoms with E-state index in [1.807, 2.05) is 18.2 Å². The zero-order valence-corrected chi connectivity index (χ0v) is 17.6. The highest BCUT2D eigenvalue weighted by Gasteiger charge is 2.61. The molecular weight excluding hydrogens is 362 g/mol. The number of rotatable bonds is 2. The Morgan fingerprint density at radius 2 is 1.90 bits per heavy atom. The van der Waals surface area contributed by atoms with Crippen LogP contribution in [-0.2, 0) is 9.59 Å². The third-order valence-electron chi connectivity index (χ3n) is 9.33. The number of nitrogens with one attached hydrogen (secondary N) is 2. The van der Waals surface area contributed by atoms with Crippen molar-refractivity contribution in [2.45, 2.75) is 71.3 Å². The highest BCUT2D eigenvalue weighted by molar-refractivity contribution is 5.92. The summed E-state index contributed by atoms with van der Waals surface area (Å²) in [5.74, 6) is 3.11. The fourth-order valence-electron chi connectivity index (χ4n) is 7.78.